The van der Waals surface area contributed by atoms with Crippen LogP contribution in [0.3, 0.4) is 0 Å². The summed E-state index contributed by atoms with van der Waals surface area (Å²) in [5.74, 6) is -2.02. The molecule has 0 spiro atoms. The largest absolute Gasteiger partial charge is 0.473 e. The number of aliphatic carboxylic acids is 2. The van der Waals surface area contributed by atoms with Gasteiger partial charge in [0.15, 0.2) is 11.5 Å². The van der Waals surface area contributed by atoms with Gasteiger partial charge in [-0.05, 0) is 43.6 Å². The normalized spacial score (nSPS) is 15.9. The molecule has 1 amide bonds. The number of carbonyl (C=O) groups excluding carboxylic acids is 1. The average molecular weight is 380 g/mol. The smallest absolute Gasteiger partial charge is 0.414 e. The summed E-state index contributed by atoms with van der Waals surface area (Å²) in [6.07, 6.45) is 4.98. The van der Waals surface area contributed by atoms with E-state index < -0.39 is 11.9 Å². The van der Waals surface area contributed by atoms with E-state index in [4.69, 9.17) is 29.3 Å². The van der Waals surface area contributed by atoms with E-state index in [0.717, 1.165) is 30.2 Å². The minimum absolute atomic E-state index is 0.0922. The lowest BCUT2D eigenvalue weighted by Crippen LogP contribution is -2.37. The van der Waals surface area contributed by atoms with Crippen molar-refractivity contribution in [1.82, 2.24) is 10.2 Å². The predicted octanol–water partition coefficient (Wildman–Crippen LogP) is 1.06. The number of nitrogens with one attached hydrogen (secondary N) is 1. The number of carboxylic acid groups (broad SMARTS) is 2. The number of carboxylic acids is 2. The maximum absolute atomic E-state index is 12.0. The zero-order valence-electron chi connectivity index (χ0n) is 15.0. The first-order chi connectivity index (χ1) is 13.0. The van der Waals surface area contributed by atoms with E-state index in [1.807, 2.05) is 18.2 Å². The summed E-state index contributed by atoms with van der Waals surface area (Å²) in [5, 5.41) is 17.8. The fourth-order valence-electron chi connectivity index (χ4n) is 2.80. The monoisotopic (exact) mass is 380 g/mol. The lowest BCUT2D eigenvalue weighted by atomic mass is 10.2. The van der Waals surface area contributed by atoms with Gasteiger partial charge in [0, 0.05) is 6.54 Å². The number of benzene rings is 1. The van der Waals surface area contributed by atoms with Crippen molar-refractivity contribution < 1.29 is 34.1 Å². The average Bonchev–Trinajstić information content (AvgIpc) is 2.96. The molecule has 0 atom stereocenters. The molecular formula is C18H24N2O7. The summed E-state index contributed by atoms with van der Waals surface area (Å²) in [6, 6.07) is 5.77. The Bertz CT molecular complexity index is 658. The number of likely N-dealkylation sites (tertiary alicyclic amines) is 1. The molecule has 1 fully saturated rings. The molecule has 0 radical (unpaired) electrons. The second-order valence-electron chi connectivity index (χ2n) is 6.27. The minimum Gasteiger partial charge on any atom is -0.473 e. The lowest BCUT2D eigenvalue weighted by molar-refractivity contribution is -0.159. The van der Waals surface area contributed by atoms with E-state index in [2.05, 4.69) is 10.2 Å². The molecule has 1 saturated heterocycles. The van der Waals surface area contributed by atoms with Crippen LogP contribution in [0.2, 0.25) is 0 Å². The molecule has 0 saturated carbocycles. The molecule has 9 heteroatoms. The van der Waals surface area contributed by atoms with Crippen LogP contribution in [-0.4, -0.2) is 59.4 Å². The highest BCUT2D eigenvalue weighted by Gasteiger charge is 2.15. The molecule has 148 valence electrons. The van der Waals surface area contributed by atoms with Crippen molar-refractivity contribution in [3.05, 3.63) is 23.8 Å². The molecule has 2 heterocycles. The predicted molar refractivity (Wildman–Crippen MR) is 94.6 cm³/mol. The Labute approximate surface area is 156 Å². The van der Waals surface area contributed by atoms with Crippen molar-refractivity contribution in [2.75, 3.05) is 26.4 Å². The summed E-state index contributed by atoms with van der Waals surface area (Å²) in [6.45, 7) is 3.39. The van der Waals surface area contributed by atoms with Crippen molar-refractivity contribution >= 4 is 17.8 Å². The summed E-state index contributed by atoms with van der Waals surface area (Å²) >= 11 is 0. The zero-order chi connectivity index (χ0) is 19.6. The van der Waals surface area contributed by atoms with Crippen molar-refractivity contribution in [3.63, 3.8) is 0 Å². The van der Waals surface area contributed by atoms with Crippen molar-refractivity contribution in [3.8, 4) is 11.5 Å². The Balaban J connectivity index is 0.000000380. The molecule has 0 unspecified atom stereocenters. The summed E-state index contributed by atoms with van der Waals surface area (Å²) in [4.78, 5) is 32.5. The van der Waals surface area contributed by atoms with Gasteiger partial charge in [-0.25, -0.2) is 9.59 Å². The number of fused-ring (bicyclic) bond motifs is 1. The molecule has 27 heavy (non-hydrogen) atoms. The number of amides is 1. The maximum Gasteiger partial charge on any atom is 0.414 e. The fraction of sp³-hybridized carbons (Fsp3) is 0.500. The number of hydrogen-bond donors (Lipinski definition) is 3. The third-order valence-electron chi connectivity index (χ3n) is 4.18. The maximum atomic E-state index is 12.0. The standard InChI is InChI=1S/C16H22N2O3.C2H2O4/c19-16(11-18-7-3-1-2-4-8-18)17-10-13-5-6-14-15(9-13)21-12-20-14;3-1(4)2(5)6/h5-6,9H,1-4,7-8,10-12H2,(H,17,19);(H,3,4)(H,5,6). The van der Waals surface area contributed by atoms with Crippen LogP contribution in [0.15, 0.2) is 18.2 Å². The molecule has 3 rings (SSSR count). The molecule has 1 aromatic carbocycles. The van der Waals surface area contributed by atoms with E-state index in [1.54, 1.807) is 0 Å². The van der Waals surface area contributed by atoms with Gasteiger partial charge >= 0.3 is 11.9 Å². The van der Waals surface area contributed by atoms with Gasteiger partial charge in [0.05, 0.1) is 6.54 Å². The van der Waals surface area contributed by atoms with Crippen LogP contribution in [0.25, 0.3) is 0 Å². The fourth-order valence-corrected chi connectivity index (χ4v) is 2.80. The Morgan fingerprint density at radius 3 is 2.22 bits per heavy atom. The van der Waals surface area contributed by atoms with Crippen molar-refractivity contribution in [2.45, 2.75) is 32.2 Å². The SMILES string of the molecule is O=C(CN1CCCCCC1)NCc1ccc2c(c1)OCO2.O=C(O)C(=O)O. The molecule has 0 bridgehead atoms. The van der Waals surface area contributed by atoms with Crippen molar-refractivity contribution in [1.29, 1.82) is 0 Å². The zero-order valence-corrected chi connectivity index (χ0v) is 15.0. The Kier molecular flexibility index (Phi) is 7.87. The van der Waals surface area contributed by atoms with E-state index in [-0.39, 0.29) is 12.7 Å². The Morgan fingerprint density at radius 1 is 0.963 bits per heavy atom. The van der Waals surface area contributed by atoms with Crippen LogP contribution in [0, 0.1) is 0 Å². The van der Waals surface area contributed by atoms with Gasteiger partial charge in [0.2, 0.25) is 12.7 Å². The van der Waals surface area contributed by atoms with Gasteiger partial charge in [-0.2, -0.15) is 0 Å². The van der Waals surface area contributed by atoms with Crippen LogP contribution in [0.1, 0.15) is 31.2 Å². The van der Waals surface area contributed by atoms with Crippen LogP contribution in [0.4, 0.5) is 0 Å². The van der Waals surface area contributed by atoms with Gasteiger partial charge in [-0.1, -0.05) is 18.9 Å². The molecule has 0 aliphatic carbocycles. The number of hydrogen-bond acceptors (Lipinski definition) is 6. The first-order valence-corrected chi connectivity index (χ1v) is 8.79. The molecule has 0 aromatic heterocycles. The quantitative estimate of drug-likeness (QED) is 0.662. The highest BCUT2D eigenvalue weighted by atomic mass is 16.7. The Morgan fingerprint density at radius 2 is 1.59 bits per heavy atom. The molecule has 1 aromatic rings. The van der Waals surface area contributed by atoms with Gasteiger partial charge in [-0.3, -0.25) is 9.69 Å². The minimum atomic E-state index is -1.82. The number of ether oxygens (including phenoxy) is 2. The summed E-state index contributed by atoms with van der Waals surface area (Å²) < 4.78 is 10.6. The number of rotatable bonds is 4. The summed E-state index contributed by atoms with van der Waals surface area (Å²) in [7, 11) is 0. The van der Waals surface area contributed by atoms with Crippen LogP contribution in [0.5, 0.6) is 11.5 Å². The first kappa shape index (κ1) is 20.5. The van der Waals surface area contributed by atoms with Gasteiger partial charge in [0.1, 0.15) is 0 Å². The first-order valence-electron chi connectivity index (χ1n) is 8.79. The van der Waals surface area contributed by atoms with E-state index in [0.29, 0.717) is 13.1 Å². The van der Waals surface area contributed by atoms with Crippen LogP contribution < -0.4 is 14.8 Å². The number of nitrogens with zero attached hydrogens (tertiary/aromatic N) is 1. The lowest BCUT2D eigenvalue weighted by Gasteiger charge is -2.19. The van der Waals surface area contributed by atoms with Gasteiger partial charge < -0.3 is 25.0 Å². The second-order valence-corrected chi connectivity index (χ2v) is 6.27. The van der Waals surface area contributed by atoms with Crippen LogP contribution in [-0.2, 0) is 20.9 Å². The van der Waals surface area contributed by atoms with E-state index in [9.17, 15) is 4.79 Å². The molecular weight excluding hydrogens is 356 g/mol. The molecule has 2 aliphatic heterocycles. The second kappa shape index (κ2) is 10.4. The topological polar surface area (TPSA) is 125 Å². The van der Waals surface area contributed by atoms with Gasteiger partial charge in [0.25, 0.3) is 0 Å². The van der Waals surface area contributed by atoms with Crippen molar-refractivity contribution in [2.24, 2.45) is 0 Å². The highest BCUT2D eigenvalue weighted by molar-refractivity contribution is 6.27. The van der Waals surface area contributed by atoms with E-state index in [1.165, 1.54) is 25.7 Å². The van der Waals surface area contributed by atoms with E-state index >= 15 is 0 Å². The van der Waals surface area contributed by atoms with Crippen LogP contribution >= 0.6 is 0 Å². The van der Waals surface area contributed by atoms with Gasteiger partial charge in [-0.15, -0.1) is 0 Å². The number of carbonyl (C=O) groups is 3. The third-order valence-corrected chi connectivity index (χ3v) is 4.18. The molecule has 9 nitrogen and oxygen atoms in total. The highest BCUT2D eigenvalue weighted by Crippen LogP contribution is 2.32. The molecule has 3 N–H and O–H groups in total. The summed E-state index contributed by atoms with van der Waals surface area (Å²) in [5.41, 5.74) is 1.03. The molecule has 2 aliphatic rings. The Hall–Kier alpha value is -2.81. The third kappa shape index (κ3) is 7.14.